The van der Waals surface area contributed by atoms with Gasteiger partial charge in [0.2, 0.25) is 0 Å². The van der Waals surface area contributed by atoms with Gasteiger partial charge in [-0.2, -0.15) is 0 Å². The lowest BCUT2D eigenvalue weighted by Crippen LogP contribution is -1.83. The van der Waals surface area contributed by atoms with Crippen LogP contribution in [-0.2, 0) is 0 Å². The lowest BCUT2D eigenvalue weighted by atomic mass is 10.1. The van der Waals surface area contributed by atoms with E-state index >= 15 is 0 Å². The first kappa shape index (κ1) is 2.91. The van der Waals surface area contributed by atoms with Gasteiger partial charge in [0.15, 0.2) is 0 Å². The molecule has 2 rings (SSSR count). The quantitative estimate of drug-likeness (QED) is 0.403. The summed E-state index contributed by atoms with van der Waals surface area (Å²) in [5, 5.41) is 0. The molecule has 1 saturated carbocycles. The van der Waals surface area contributed by atoms with Crippen LogP contribution < -0.4 is 0 Å². The third-order valence-electron chi connectivity index (χ3n) is 1.91. The highest BCUT2D eigenvalue weighted by Crippen LogP contribution is 2.46. The summed E-state index contributed by atoms with van der Waals surface area (Å²) in [5.41, 5.74) is 0. The molecule has 0 aliphatic heterocycles. The van der Waals surface area contributed by atoms with Crippen molar-refractivity contribution in [1.29, 1.82) is 0 Å². The summed E-state index contributed by atoms with van der Waals surface area (Å²) in [6.07, 6.45) is 6.91. The Morgan fingerprint density at radius 1 is 1.43 bits per heavy atom. The number of allylic oxidation sites excluding steroid dienone is 2. The number of fused-ring (bicyclic) bond motifs is 1. The molecule has 0 saturated heterocycles. The highest BCUT2D eigenvalue weighted by Gasteiger charge is 2.36. The van der Waals surface area contributed by atoms with E-state index in [-0.39, 0.29) is 6.40 Å². The van der Waals surface area contributed by atoms with Crippen LogP contribution in [0.15, 0.2) is 12.2 Å². The standard InChI is InChI=1S/C7H10/c1-2-4-7-5-6(7)3-1/h1-2,6-7H,3-5H2/t6-,7-/m1/s1/i3D/t3-,6+,7+/m0. The number of hydrogen-bond donors (Lipinski definition) is 0. The molecule has 0 unspecified atom stereocenters. The van der Waals surface area contributed by atoms with Crippen LogP contribution in [0.4, 0.5) is 0 Å². The minimum absolute atomic E-state index is 0.147. The lowest BCUT2D eigenvalue weighted by Gasteiger charge is -1.96. The molecule has 1 fully saturated rings. The molecule has 0 amide bonds. The van der Waals surface area contributed by atoms with Crippen molar-refractivity contribution in [2.75, 3.05) is 0 Å². The number of rotatable bonds is 0. The summed E-state index contributed by atoms with van der Waals surface area (Å²) in [5.74, 6) is 1.66. The van der Waals surface area contributed by atoms with E-state index in [1.54, 1.807) is 0 Å². The van der Waals surface area contributed by atoms with Crippen LogP contribution in [0.5, 0.6) is 0 Å². The van der Waals surface area contributed by atoms with E-state index in [1.165, 1.54) is 12.8 Å². The van der Waals surface area contributed by atoms with E-state index in [4.69, 9.17) is 1.37 Å². The van der Waals surface area contributed by atoms with Gasteiger partial charge < -0.3 is 0 Å². The molecule has 0 bridgehead atoms. The maximum atomic E-state index is 7.43. The molecule has 0 N–H and O–H groups in total. The SMILES string of the molecule is [2H][C@H]1C=CC[C@@H]2C[C@H]21. The fourth-order valence-electron chi connectivity index (χ4n) is 1.25. The van der Waals surface area contributed by atoms with E-state index in [9.17, 15) is 0 Å². The van der Waals surface area contributed by atoms with Crippen LogP contribution in [-0.4, -0.2) is 0 Å². The third-order valence-corrected chi connectivity index (χ3v) is 1.91. The highest BCUT2D eigenvalue weighted by atomic mass is 14.4. The number of hydrogen-bond acceptors (Lipinski definition) is 0. The predicted octanol–water partition coefficient (Wildman–Crippen LogP) is 1.97. The van der Waals surface area contributed by atoms with E-state index in [2.05, 4.69) is 6.08 Å². The molecule has 0 aromatic heterocycles. The Balaban J connectivity index is 2.13. The fraction of sp³-hybridized carbons (Fsp3) is 0.714. The van der Waals surface area contributed by atoms with Gasteiger partial charge in [-0.15, -0.1) is 0 Å². The summed E-state index contributed by atoms with van der Waals surface area (Å²) in [4.78, 5) is 0. The minimum Gasteiger partial charge on any atom is -0.0882 e. The van der Waals surface area contributed by atoms with Crippen molar-refractivity contribution in [2.24, 2.45) is 11.8 Å². The van der Waals surface area contributed by atoms with Crippen molar-refractivity contribution in [3.63, 3.8) is 0 Å². The molecule has 0 aromatic rings. The predicted molar refractivity (Wildman–Crippen MR) is 30.0 cm³/mol. The highest BCUT2D eigenvalue weighted by molar-refractivity contribution is 5.02. The zero-order valence-corrected chi connectivity index (χ0v) is 4.30. The van der Waals surface area contributed by atoms with Crippen molar-refractivity contribution in [3.05, 3.63) is 12.2 Å². The molecule has 2 aliphatic rings. The summed E-state index contributed by atoms with van der Waals surface area (Å²) < 4.78 is 7.43. The zero-order valence-electron chi connectivity index (χ0n) is 5.30. The van der Waals surface area contributed by atoms with Crippen molar-refractivity contribution < 1.29 is 1.37 Å². The van der Waals surface area contributed by atoms with E-state index in [0.717, 1.165) is 11.8 Å². The Morgan fingerprint density at radius 3 is 3.14 bits per heavy atom. The van der Waals surface area contributed by atoms with Gasteiger partial charge in [0.25, 0.3) is 0 Å². The molecule has 0 heteroatoms. The molecule has 0 nitrogen and oxygen atoms in total. The van der Waals surface area contributed by atoms with E-state index in [1.807, 2.05) is 6.08 Å². The first-order chi connectivity index (χ1) is 3.88. The van der Waals surface area contributed by atoms with Crippen LogP contribution in [0.2, 0.25) is 0 Å². The Labute approximate surface area is 45.6 Å². The maximum absolute atomic E-state index is 7.43. The van der Waals surface area contributed by atoms with Crippen LogP contribution in [0.25, 0.3) is 0 Å². The van der Waals surface area contributed by atoms with Crippen LogP contribution in [0.1, 0.15) is 20.6 Å². The summed E-state index contributed by atoms with van der Waals surface area (Å²) in [6.45, 7) is 0. The Morgan fingerprint density at radius 2 is 2.43 bits per heavy atom. The second kappa shape index (κ2) is 1.12. The topological polar surface area (TPSA) is 0 Å². The average Bonchev–Trinajstić information content (AvgIpc) is 2.45. The molecule has 7 heavy (non-hydrogen) atoms. The Bertz CT molecular complexity index is 128. The molecule has 0 radical (unpaired) electrons. The van der Waals surface area contributed by atoms with Gasteiger partial charge in [0.05, 0.1) is 0 Å². The van der Waals surface area contributed by atoms with Crippen LogP contribution in [0.3, 0.4) is 0 Å². The van der Waals surface area contributed by atoms with Crippen LogP contribution >= 0.6 is 0 Å². The molecule has 2 aliphatic carbocycles. The van der Waals surface area contributed by atoms with Crippen molar-refractivity contribution >= 4 is 0 Å². The van der Waals surface area contributed by atoms with Gasteiger partial charge >= 0.3 is 0 Å². The van der Waals surface area contributed by atoms with Gasteiger partial charge in [0, 0.05) is 1.37 Å². The van der Waals surface area contributed by atoms with Crippen molar-refractivity contribution in [3.8, 4) is 0 Å². The summed E-state index contributed by atoms with van der Waals surface area (Å²) >= 11 is 0. The summed E-state index contributed by atoms with van der Waals surface area (Å²) in [6, 6.07) is 0. The third kappa shape index (κ3) is 0.495. The van der Waals surface area contributed by atoms with Crippen molar-refractivity contribution in [1.82, 2.24) is 0 Å². The van der Waals surface area contributed by atoms with E-state index < -0.39 is 0 Å². The second-order valence-electron chi connectivity index (χ2n) is 2.52. The minimum atomic E-state index is 0.147. The molecule has 3 atom stereocenters. The lowest BCUT2D eigenvalue weighted by molar-refractivity contribution is 0.689. The Hall–Kier alpha value is -0.260. The molecule has 0 aromatic carbocycles. The monoisotopic (exact) mass is 95.1 g/mol. The fourth-order valence-corrected chi connectivity index (χ4v) is 1.25. The molecular formula is C7H10. The summed E-state index contributed by atoms with van der Waals surface area (Å²) in [7, 11) is 0. The van der Waals surface area contributed by atoms with Gasteiger partial charge in [0.1, 0.15) is 0 Å². The van der Waals surface area contributed by atoms with E-state index in [0.29, 0.717) is 0 Å². The smallest absolute Gasteiger partial charge is 0.0313 e. The van der Waals surface area contributed by atoms with Gasteiger partial charge in [-0.05, 0) is 31.1 Å². The van der Waals surface area contributed by atoms with Gasteiger partial charge in [-0.1, -0.05) is 12.2 Å². The first-order valence-electron chi connectivity index (χ1n) is 3.54. The maximum Gasteiger partial charge on any atom is 0.0313 e. The molecule has 0 heterocycles. The molecule has 0 spiro atoms. The first-order valence-corrected chi connectivity index (χ1v) is 2.97. The zero-order chi connectivity index (χ0) is 5.56. The second-order valence-corrected chi connectivity index (χ2v) is 2.52. The van der Waals surface area contributed by atoms with Gasteiger partial charge in [-0.3, -0.25) is 0 Å². The average molecular weight is 95.2 g/mol. The molecule has 38 valence electrons. The largest absolute Gasteiger partial charge is 0.0882 e. The Kier molecular flexibility index (Phi) is 0.464. The van der Waals surface area contributed by atoms with Crippen LogP contribution in [0, 0.1) is 11.8 Å². The van der Waals surface area contributed by atoms with Crippen molar-refractivity contribution in [2.45, 2.75) is 19.2 Å². The normalized spacial score (nSPS) is 58.3. The van der Waals surface area contributed by atoms with Gasteiger partial charge in [-0.25, -0.2) is 0 Å². The molecular weight excluding hydrogens is 84.1 g/mol.